The summed E-state index contributed by atoms with van der Waals surface area (Å²) >= 11 is 0. The highest BCUT2D eigenvalue weighted by atomic mass is 19.1. The van der Waals surface area contributed by atoms with Crippen LogP contribution < -0.4 is 15.5 Å². The average Bonchev–Trinajstić information content (AvgIpc) is 3.38. The molecule has 31 heavy (non-hydrogen) atoms. The molecule has 0 bridgehead atoms. The van der Waals surface area contributed by atoms with Crippen LogP contribution in [0.1, 0.15) is 30.9 Å². The monoisotopic (exact) mass is 430 g/mol. The van der Waals surface area contributed by atoms with E-state index in [1.54, 1.807) is 0 Å². The van der Waals surface area contributed by atoms with Crippen molar-refractivity contribution in [1.82, 2.24) is 19.9 Å². The molecule has 2 aliphatic rings. The van der Waals surface area contributed by atoms with E-state index >= 15 is 0 Å². The Hall–Kier alpha value is -3.63. The van der Waals surface area contributed by atoms with Crippen LogP contribution in [0.2, 0.25) is 0 Å². The molecule has 1 aromatic carbocycles. The third-order valence-electron chi connectivity index (χ3n) is 5.33. The highest BCUT2D eigenvalue weighted by Crippen LogP contribution is 2.36. The van der Waals surface area contributed by atoms with Gasteiger partial charge in [0.2, 0.25) is 0 Å². The van der Waals surface area contributed by atoms with Gasteiger partial charge in [-0.05, 0) is 37.1 Å². The second-order valence-electron chi connectivity index (χ2n) is 7.64. The number of fused-ring (bicyclic) bond motifs is 1. The standard InChI is InChI=1S/C20H17F3N6O2/c21-10-1-4-14(22)13(7-10)15-8-12(30)9-28(15)16-5-6-29-19(25-16)17(18(23)27-29)26-20(31)24-11-2-3-11/h1,4-7,11,15H,2-3,8-9H2,(H2,24,26,31)/t15-/m1/s1. The quantitative estimate of drug-likeness (QED) is 0.664. The Morgan fingerprint density at radius 3 is 2.74 bits per heavy atom. The number of rotatable bonds is 4. The summed E-state index contributed by atoms with van der Waals surface area (Å²) in [5.74, 6) is -2.10. The lowest BCUT2D eigenvalue weighted by Crippen LogP contribution is -2.30. The van der Waals surface area contributed by atoms with Crippen LogP contribution in [0.25, 0.3) is 5.65 Å². The number of benzene rings is 1. The third kappa shape index (κ3) is 3.66. The Morgan fingerprint density at radius 2 is 1.97 bits per heavy atom. The maximum atomic E-state index is 14.4. The summed E-state index contributed by atoms with van der Waals surface area (Å²) in [6.45, 7) is -0.0641. The number of halogens is 3. The fourth-order valence-electron chi connectivity index (χ4n) is 3.70. The van der Waals surface area contributed by atoms with Crippen LogP contribution in [-0.2, 0) is 4.79 Å². The minimum absolute atomic E-state index is 0.0181. The van der Waals surface area contributed by atoms with Gasteiger partial charge in [-0.25, -0.2) is 23.1 Å². The molecule has 3 heterocycles. The zero-order valence-corrected chi connectivity index (χ0v) is 16.1. The van der Waals surface area contributed by atoms with Gasteiger partial charge in [-0.2, -0.15) is 4.39 Å². The average molecular weight is 430 g/mol. The zero-order chi connectivity index (χ0) is 21.7. The van der Waals surface area contributed by atoms with Crippen LogP contribution in [0.4, 0.5) is 29.5 Å². The SMILES string of the molecule is O=C1C[C@H](c2cc(F)ccc2F)N(c2ccn3nc(F)c(NC(=O)NC4CC4)c3n2)C1. The highest BCUT2D eigenvalue weighted by molar-refractivity contribution is 5.94. The van der Waals surface area contributed by atoms with E-state index in [9.17, 15) is 22.8 Å². The van der Waals surface area contributed by atoms with Gasteiger partial charge in [0.1, 0.15) is 23.1 Å². The molecule has 5 rings (SSSR count). The number of carbonyl (C=O) groups is 2. The van der Waals surface area contributed by atoms with Crippen molar-refractivity contribution in [3.8, 4) is 0 Å². The lowest BCUT2D eigenvalue weighted by molar-refractivity contribution is -0.116. The predicted octanol–water partition coefficient (Wildman–Crippen LogP) is 2.95. The van der Waals surface area contributed by atoms with Crippen molar-refractivity contribution in [1.29, 1.82) is 0 Å². The minimum atomic E-state index is -0.916. The Bertz CT molecular complexity index is 1210. The fourth-order valence-corrected chi connectivity index (χ4v) is 3.70. The van der Waals surface area contributed by atoms with Crippen LogP contribution in [0.15, 0.2) is 30.5 Å². The van der Waals surface area contributed by atoms with Crippen molar-refractivity contribution in [3.63, 3.8) is 0 Å². The van der Waals surface area contributed by atoms with E-state index in [0.29, 0.717) is 0 Å². The van der Waals surface area contributed by atoms with Crippen LogP contribution in [0, 0.1) is 17.6 Å². The van der Waals surface area contributed by atoms with Crippen molar-refractivity contribution in [2.45, 2.75) is 31.3 Å². The zero-order valence-electron chi connectivity index (χ0n) is 16.1. The number of carbonyl (C=O) groups excluding carboxylic acids is 2. The van der Waals surface area contributed by atoms with Gasteiger partial charge >= 0.3 is 6.03 Å². The Kier molecular flexibility index (Phi) is 4.53. The molecule has 1 atom stereocenters. The molecule has 2 amide bonds. The topological polar surface area (TPSA) is 91.6 Å². The number of hydrogen-bond acceptors (Lipinski definition) is 5. The summed E-state index contributed by atoms with van der Waals surface area (Å²) in [5.41, 5.74) is -0.146. The normalized spacial score (nSPS) is 18.6. The molecule has 0 spiro atoms. The fraction of sp³-hybridized carbons (Fsp3) is 0.300. The lowest BCUT2D eigenvalue weighted by atomic mass is 10.0. The molecule has 2 fully saturated rings. The molecular formula is C20H17F3N6O2. The Morgan fingerprint density at radius 1 is 1.16 bits per heavy atom. The molecule has 1 aliphatic heterocycles. The summed E-state index contributed by atoms with van der Waals surface area (Å²) in [6.07, 6.45) is 3.14. The summed E-state index contributed by atoms with van der Waals surface area (Å²) in [4.78, 5) is 30.1. The van der Waals surface area contributed by atoms with Gasteiger partial charge in [-0.1, -0.05) is 0 Å². The van der Waals surface area contributed by atoms with Gasteiger partial charge in [-0.3, -0.25) is 4.79 Å². The molecule has 1 aliphatic carbocycles. The minimum Gasteiger partial charge on any atom is -0.342 e. The van der Waals surface area contributed by atoms with Crippen LogP contribution in [0.5, 0.6) is 0 Å². The molecule has 1 saturated heterocycles. The number of hydrogen-bond donors (Lipinski definition) is 2. The molecule has 2 aromatic heterocycles. The maximum absolute atomic E-state index is 14.4. The molecular weight excluding hydrogens is 413 g/mol. The second kappa shape index (κ2) is 7.25. The number of aromatic nitrogens is 3. The first-order chi connectivity index (χ1) is 14.9. The van der Waals surface area contributed by atoms with Crippen molar-refractivity contribution in [3.05, 3.63) is 53.6 Å². The molecule has 8 nitrogen and oxygen atoms in total. The van der Waals surface area contributed by atoms with E-state index in [-0.39, 0.29) is 47.5 Å². The first kappa shape index (κ1) is 19.3. The van der Waals surface area contributed by atoms with Crippen LogP contribution in [-0.4, -0.2) is 39.0 Å². The van der Waals surface area contributed by atoms with Crippen molar-refractivity contribution >= 4 is 29.0 Å². The lowest BCUT2D eigenvalue weighted by Gasteiger charge is -2.25. The molecule has 1 saturated carbocycles. The van der Waals surface area contributed by atoms with E-state index < -0.39 is 29.7 Å². The summed E-state index contributed by atoms with van der Waals surface area (Å²) in [6, 6.07) is 3.30. The maximum Gasteiger partial charge on any atom is 0.319 e. The van der Waals surface area contributed by atoms with Gasteiger partial charge in [0.15, 0.2) is 11.4 Å². The van der Waals surface area contributed by atoms with Gasteiger partial charge in [-0.15, -0.1) is 5.10 Å². The van der Waals surface area contributed by atoms with Gasteiger partial charge in [0, 0.05) is 24.2 Å². The number of ketones is 1. The summed E-state index contributed by atoms with van der Waals surface area (Å²) in [5, 5.41) is 8.81. The van der Waals surface area contributed by atoms with Crippen molar-refractivity contribution < 1.29 is 22.8 Å². The highest BCUT2D eigenvalue weighted by Gasteiger charge is 2.35. The van der Waals surface area contributed by atoms with E-state index in [1.165, 1.54) is 17.2 Å². The third-order valence-corrected chi connectivity index (χ3v) is 5.33. The van der Waals surface area contributed by atoms with E-state index in [1.807, 2.05) is 0 Å². The number of urea groups is 1. The van der Waals surface area contributed by atoms with Crippen molar-refractivity contribution in [2.24, 2.45) is 0 Å². The molecule has 160 valence electrons. The molecule has 11 heteroatoms. The smallest absolute Gasteiger partial charge is 0.319 e. The van der Waals surface area contributed by atoms with Gasteiger partial charge in [0.05, 0.1) is 12.6 Å². The van der Waals surface area contributed by atoms with E-state index in [2.05, 4.69) is 20.7 Å². The Labute approximate surface area is 174 Å². The summed E-state index contributed by atoms with van der Waals surface area (Å²) in [7, 11) is 0. The molecule has 0 radical (unpaired) electrons. The summed E-state index contributed by atoms with van der Waals surface area (Å²) < 4.78 is 43.6. The van der Waals surface area contributed by atoms with E-state index in [0.717, 1.165) is 35.6 Å². The number of nitrogens with zero attached hydrogens (tertiary/aromatic N) is 4. The van der Waals surface area contributed by atoms with Gasteiger partial charge < -0.3 is 15.5 Å². The number of nitrogens with one attached hydrogen (secondary N) is 2. The first-order valence-electron chi connectivity index (χ1n) is 9.75. The van der Waals surface area contributed by atoms with Crippen LogP contribution >= 0.6 is 0 Å². The largest absolute Gasteiger partial charge is 0.342 e. The number of anilines is 2. The molecule has 0 unspecified atom stereocenters. The Balaban J connectivity index is 1.51. The predicted molar refractivity (Wildman–Crippen MR) is 104 cm³/mol. The number of Topliss-reactive ketones (excluding diaryl/α,β-unsaturated/α-hetero) is 1. The van der Waals surface area contributed by atoms with E-state index in [4.69, 9.17) is 0 Å². The number of amides is 2. The molecule has 2 N–H and O–H groups in total. The van der Waals surface area contributed by atoms with Crippen molar-refractivity contribution in [2.75, 3.05) is 16.8 Å². The van der Waals surface area contributed by atoms with Crippen LogP contribution in [0.3, 0.4) is 0 Å². The first-order valence-corrected chi connectivity index (χ1v) is 9.75. The molecule has 3 aromatic rings. The second-order valence-corrected chi connectivity index (χ2v) is 7.64. The van der Waals surface area contributed by atoms with Gasteiger partial charge in [0.25, 0.3) is 5.95 Å².